The third-order valence-electron chi connectivity index (χ3n) is 2.22. The van der Waals surface area contributed by atoms with E-state index in [0.29, 0.717) is 20.9 Å². The Kier molecular flexibility index (Phi) is 4.26. The van der Waals surface area contributed by atoms with Crippen LogP contribution in [0, 0.1) is 0 Å². The molecule has 0 amide bonds. The van der Waals surface area contributed by atoms with Crippen LogP contribution in [0.25, 0.3) is 0 Å². The highest BCUT2D eigenvalue weighted by Gasteiger charge is 2.13. The molecule has 18 heavy (non-hydrogen) atoms. The van der Waals surface area contributed by atoms with Crippen molar-refractivity contribution in [2.75, 3.05) is 5.75 Å². The van der Waals surface area contributed by atoms with Crippen LogP contribution in [0.4, 0.5) is 0 Å². The molecule has 0 spiro atoms. The van der Waals surface area contributed by atoms with E-state index in [1.807, 2.05) is 6.92 Å². The number of H-pyrrole nitrogens is 1. The number of thioether (sulfide) groups is 1. The van der Waals surface area contributed by atoms with Crippen molar-refractivity contribution in [2.24, 2.45) is 0 Å². The van der Waals surface area contributed by atoms with E-state index in [-0.39, 0.29) is 17.2 Å². The van der Waals surface area contributed by atoms with E-state index >= 15 is 0 Å². The number of hydrogen-bond donors (Lipinski definition) is 1. The van der Waals surface area contributed by atoms with Gasteiger partial charge in [-0.3, -0.25) is 9.36 Å². The molecule has 0 aromatic carbocycles. The highest BCUT2D eigenvalue weighted by atomic mass is 35.5. The van der Waals surface area contributed by atoms with Gasteiger partial charge in [-0.2, -0.15) is 0 Å². The van der Waals surface area contributed by atoms with Crippen LogP contribution < -0.4 is 5.69 Å². The molecule has 0 aliphatic heterocycles. The van der Waals surface area contributed by atoms with E-state index in [0.717, 1.165) is 0 Å². The van der Waals surface area contributed by atoms with Crippen LogP contribution in [-0.4, -0.2) is 26.3 Å². The highest BCUT2D eigenvalue weighted by molar-refractivity contribution is 7.99. The normalized spacial score (nSPS) is 10.8. The average Bonchev–Trinajstić information content (AvgIpc) is 2.92. The first-order valence-corrected chi connectivity index (χ1v) is 7.36. The number of Topliss-reactive ketones (excluding diaryl/α,β-unsaturated/α-hetero) is 1. The van der Waals surface area contributed by atoms with Gasteiger partial charge >= 0.3 is 5.69 Å². The summed E-state index contributed by atoms with van der Waals surface area (Å²) in [5, 5.41) is 6.76. The van der Waals surface area contributed by atoms with Crippen molar-refractivity contribution >= 4 is 40.5 Å². The van der Waals surface area contributed by atoms with Crippen molar-refractivity contribution in [1.82, 2.24) is 14.8 Å². The van der Waals surface area contributed by atoms with Gasteiger partial charge in [0.1, 0.15) is 0 Å². The van der Waals surface area contributed by atoms with Gasteiger partial charge in [0.2, 0.25) is 0 Å². The van der Waals surface area contributed by atoms with Gasteiger partial charge in [0.15, 0.2) is 10.9 Å². The zero-order valence-electron chi connectivity index (χ0n) is 9.47. The Morgan fingerprint density at radius 3 is 3.00 bits per heavy atom. The summed E-state index contributed by atoms with van der Waals surface area (Å²) >= 11 is 8.26. The second-order valence-corrected chi connectivity index (χ2v) is 6.03. The first-order chi connectivity index (χ1) is 8.61. The summed E-state index contributed by atoms with van der Waals surface area (Å²) in [6.07, 6.45) is 0. The Morgan fingerprint density at radius 1 is 1.61 bits per heavy atom. The standard InChI is InChI=1S/C10H10ClN3O2S2/c1-2-14-9(16)12-13-10(14)17-5-6(15)7-3-4-8(11)18-7/h3-4H,2,5H2,1H3,(H,12,16). The molecule has 0 atom stereocenters. The number of carbonyl (C=O) groups is 1. The van der Waals surface area contributed by atoms with E-state index < -0.39 is 0 Å². The van der Waals surface area contributed by atoms with Crippen LogP contribution >= 0.6 is 34.7 Å². The van der Waals surface area contributed by atoms with Crippen molar-refractivity contribution < 1.29 is 4.79 Å². The summed E-state index contributed by atoms with van der Waals surface area (Å²) in [6, 6.07) is 3.40. The highest BCUT2D eigenvalue weighted by Crippen LogP contribution is 2.24. The summed E-state index contributed by atoms with van der Waals surface area (Å²) in [6.45, 7) is 2.37. The van der Waals surface area contributed by atoms with Crippen molar-refractivity contribution in [2.45, 2.75) is 18.6 Å². The fourth-order valence-electron chi connectivity index (χ4n) is 1.36. The summed E-state index contributed by atoms with van der Waals surface area (Å²) in [4.78, 5) is 23.8. The minimum atomic E-state index is -0.258. The van der Waals surface area contributed by atoms with Crippen LogP contribution in [-0.2, 0) is 6.54 Å². The first kappa shape index (κ1) is 13.4. The molecule has 2 aromatic heterocycles. The van der Waals surface area contributed by atoms with Crippen molar-refractivity contribution in [3.05, 3.63) is 31.8 Å². The Balaban J connectivity index is 2.03. The molecule has 0 aliphatic rings. The van der Waals surface area contributed by atoms with Gasteiger partial charge in [-0.1, -0.05) is 23.4 Å². The first-order valence-electron chi connectivity index (χ1n) is 5.18. The van der Waals surface area contributed by atoms with Crippen molar-refractivity contribution in [3.8, 4) is 0 Å². The fourth-order valence-corrected chi connectivity index (χ4v) is 3.32. The molecular formula is C10H10ClN3O2S2. The lowest BCUT2D eigenvalue weighted by atomic mass is 10.4. The van der Waals surface area contributed by atoms with Crippen LogP contribution in [0.3, 0.4) is 0 Å². The zero-order valence-corrected chi connectivity index (χ0v) is 11.9. The maximum absolute atomic E-state index is 11.8. The molecule has 0 fully saturated rings. The minimum Gasteiger partial charge on any atom is -0.292 e. The molecule has 5 nitrogen and oxygen atoms in total. The molecule has 0 saturated carbocycles. The third-order valence-corrected chi connectivity index (χ3v) is 4.47. The zero-order chi connectivity index (χ0) is 13.1. The molecule has 0 unspecified atom stereocenters. The minimum absolute atomic E-state index is 0.0185. The van der Waals surface area contributed by atoms with Crippen LogP contribution in [0.15, 0.2) is 22.1 Å². The summed E-state index contributed by atoms with van der Waals surface area (Å²) in [7, 11) is 0. The number of thiophene rings is 1. The fraction of sp³-hybridized carbons (Fsp3) is 0.300. The molecular weight excluding hydrogens is 294 g/mol. The Hall–Kier alpha value is -1.05. The smallest absolute Gasteiger partial charge is 0.292 e. The number of aromatic nitrogens is 3. The van der Waals surface area contributed by atoms with E-state index in [2.05, 4.69) is 10.2 Å². The summed E-state index contributed by atoms with van der Waals surface area (Å²) in [5.74, 6) is 0.219. The van der Waals surface area contributed by atoms with Crippen molar-refractivity contribution in [1.29, 1.82) is 0 Å². The molecule has 0 aliphatic carbocycles. The number of ketones is 1. The predicted octanol–water partition coefficient (Wildman–Crippen LogP) is 2.28. The SMILES string of the molecule is CCn1c(SCC(=O)c2ccc(Cl)s2)n[nH]c1=O. The number of aromatic amines is 1. The topological polar surface area (TPSA) is 67.8 Å². The molecule has 0 radical (unpaired) electrons. The van der Waals surface area contributed by atoms with Gasteiger partial charge in [0, 0.05) is 6.54 Å². The van der Waals surface area contributed by atoms with Gasteiger partial charge in [0.25, 0.3) is 0 Å². The van der Waals surface area contributed by atoms with E-state index in [9.17, 15) is 9.59 Å². The lowest BCUT2D eigenvalue weighted by Gasteiger charge is -2.00. The number of carbonyl (C=O) groups excluding carboxylic acids is 1. The maximum atomic E-state index is 11.8. The molecule has 2 aromatic rings. The lowest BCUT2D eigenvalue weighted by molar-refractivity contribution is 0.102. The van der Waals surface area contributed by atoms with Crippen molar-refractivity contribution in [3.63, 3.8) is 0 Å². The predicted molar refractivity (Wildman–Crippen MR) is 72.9 cm³/mol. The van der Waals surface area contributed by atoms with Gasteiger partial charge in [0.05, 0.1) is 15.0 Å². The second-order valence-electron chi connectivity index (χ2n) is 3.37. The Labute approximate surface area is 116 Å². The van der Waals surface area contributed by atoms with E-state index in [1.165, 1.54) is 27.7 Å². The third kappa shape index (κ3) is 2.85. The van der Waals surface area contributed by atoms with E-state index in [4.69, 9.17) is 11.6 Å². The molecule has 0 saturated heterocycles. The van der Waals surface area contributed by atoms with Crippen LogP contribution in [0.5, 0.6) is 0 Å². The van der Waals surface area contributed by atoms with E-state index in [1.54, 1.807) is 12.1 Å². The number of hydrogen-bond acceptors (Lipinski definition) is 5. The number of rotatable bonds is 5. The van der Waals surface area contributed by atoms with Gasteiger partial charge in [-0.05, 0) is 19.1 Å². The number of nitrogens with one attached hydrogen (secondary N) is 1. The number of halogens is 1. The molecule has 0 bridgehead atoms. The average molecular weight is 304 g/mol. The molecule has 8 heteroatoms. The largest absolute Gasteiger partial charge is 0.343 e. The van der Waals surface area contributed by atoms with Gasteiger partial charge in [-0.25, -0.2) is 9.89 Å². The summed E-state index contributed by atoms with van der Waals surface area (Å²) < 4.78 is 2.08. The lowest BCUT2D eigenvalue weighted by Crippen LogP contribution is -2.16. The quantitative estimate of drug-likeness (QED) is 0.680. The van der Waals surface area contributed by atoms with Crippen LogP contribution in [0.1, 0.15) is 16.6 Å². The van der Waals surface area contributed by atoms with Crippen LogP contribution in [0.2, 0.25) is 4.34 Å². The molecule has 2 heterocycles. The molecule has 2 rings (SSSR count). The summed E-state index contributed by atoms with van der Waals surface area (Å²) in [5.41, 5.74) is -0.258. The monoisotopic (exact) mass is 303 g/mol. The molecule has 1 N–H and O–H groups in total. The van der Waals surface area contributed by atoms with Gasteiger partial charge in [-0.15, -0.1) is 16.4 Å². The molecule has 96 valence electrons. The Morgan fingerprint density at radius 2 is 2.39 bits per heavy atom. The maximum Gasteiger partial charge on any atom is 0.343 e. The van der Waals surface area contributed by atoms with Gasteiger partial charge < -0.3 is 0 Å². The number of nitrogens with zero attached hydrogens (tertiary/aromatic N) is 2. The second kappa shape index (κ2) is 5.73. The Bertz CT molecular complexity index is 617.